The van der Waals surface area contributed by atoms with Gasteiger partial charge in [-0.25, -0.2) is 0 Å². The van der Waals surface area contributed by atoms with Gasteiger partial charge < -0.3 is 0 Å². The predicted octanol–water partition coefficient (Wildman–Crippen LogP) is 18.3. The van der Waals surface area contributed by atoms with Crippen LogP contribution in [0.1, 0.15) is 274 Å². The van der Waals surface area contributed by atoms with Crippen molar-refractivity contribution in [2.75, 3.05) is 39.6 Å². The first-order chi connectivity index (χ1) is 29.9. The second-order valence-corrected chi connectivity index (χ2v) is 33.2. The summed E-state index contributed by atoms with van der Waals surface area (Å²) in [7, 11) is 0. The Bertz CT molecular complexity index is 746. The van der Waals surface area contributed by atoms with E-state index in [2.05, 4.69) is 55.4 Å². The molecule has 0 aromatic heterocycles. The van der Waals surface area contributed by atoms with Gasteiger partial charge in [-0.2, -0.15) is 0 Å². The fourth-order valence-corrected chi connectivity index (χ4v) is 24.7. The van der Waals surface area contributed by atoms with Crippen LogP contribution in [0.2, 0.25) is 17.7 Å². The van der Waals surface area contributed by atoms with E-state index in [1.165, 1.54) is 154 Å². The Morgan fingerprint density at radius 3 is 0.639 bits per heavy atom. The van der Waals surface area contributed by atoms with Crippen LogP contribution in [0.4, 0.5) is 0 Å². The first kappa shape index (κ1) is 61.6. The van der Waals surface area contributed by atoms with Crippen LogP contribution < -0.4 is 0 Å². The average Bonchev–Trinajstić information content (AvgIpc) is 3.28. The summed E-state index contributed by atoms with van der Waals surface area (Å²) in [5.41, 5.74) is 0. The molecule has 0 aromatic carbocycles. The van der Waals surface area contributed by atoms with Gasteiger partial charge in [-0.05, 0) is 38.5 Å². The molecule has 0 aromatic rings. The quantitative estimate of drug-likeness (QED) is 0.0344. The van der Waals surface area contributed by atoms with Crippen LogP contribution in [0.15, 0.2) is 0 Å². The first-order valence-corrected chi connectivity index (χ1v) is 35.8. The van der Waals surface area contributed by atoms with Crippen molar-refractivity contribution in [1.82, 2.24) is 0 Å². The molecule has 0 saturated carbocycles. The van der Waals surface area contributed by atoms with Crippen LogP contribution in [0, 0.1) is 0 Å². The second-order valence-electron chi connectivity index (χ2n) is 18.9. The molecule has 0 unspecified atom stereocenters. The van der Waals surface area contributed by atoms with Crippen molar-refractivity contribution in [3.63, 3.8) is 0 Å². The number of rotatable bonds is 52. The Kier molecular flexibility index (Phi) is 46.1. The summed E-state index contributed by atoms with van der Waals surface area (Å²) in [4.78, 5) is 0. The maximum absolute atomic E-state index is 6.23. The van der Waals surface area contributed by atoms with Crippen LogP contribution in [0.3, 0.4) is 0 Å². The minimum absolute atomic E-state index is 0.694. The van der Waals surface area contributed by atoms with E-state index in [0.29, 0.717) is 39.6 Å². The van der Waals surface area contributed by atoms with E-state index in [9.17, 15) is 0 Å². The number of hydrogen-bond donors (Lipinski definition) is 0. The Balaban J connectivity index is 5.21. The molecule has 6 nitrogen and oxygen atoms in total. The van der Waals surface area contributed by atoms with Crippen molar-refractivity contribution >= 4 is 18.4 Å². The number of unbranched alkanes of at least 4 members (excludes halogenated alkanes) is 22. The fourth-order valence-electron chi connectivity index (χ4n) is 8.99. The molecule has 0 heterocycles. The molecule has 0 saturated heterocycles. The van der Waals surface area contributed by atoms with Crippen molar-refractivity contribution in [2.24, 2.45) is 0 Å². The van der Waals surface area contributed by atoms with Crippen LogP contribution in [-0.4, -0.2) is 70.0 Å². The zero-order chi connectivity index (χ0) is 44.9. The Labute approximate surface area is 387 Å². The van der Waals surface area contributed by atoms with Crippen LogP contribution in [-0.2, 0) is 28.4 Å². The molecular weight excluding hydrogens is 863 g/mol. The Morgan fingerprint density at radius 1 is 0.230 bits per heavy atom. The van der Waals surface area contributed by atoms with E-state index in [1.807, 2.05) is 0 Å². The van der Waals surface area contributed by atoms with Gasteiger partial charge in [0.2, 0.25) is 0 Å². The van der Waals surface area contributed by atoms with Crippen molar-refractivity contribution < 1.29 is 28.4 Å². The van der Waals surface area contributed by atoms with E-state index in [4.69, 9.17) is 28.4 Å². The monoisotopic (exact) mass is 977 g/mol. The van der Waals surface area contributed by atoms with Gasteiger partial charge >= 0.3 is 310 Å². The summed E-state index contributed by atoms with van der Waals surface area (Å²) in [5.74, 6) is -1.68. The molecule has 0 amide bonds. The summed E-state index contributed by atoms with van der Waals surface area (Å²) in [6.45, 7) is 21.8. The summed E-state index contributed by atoms with van der Waals surface area (Å²) in [5, 5.41) is 0. The molecule has 368 valence electrons. The molecule has 0 aliphatic heterocycles. The van der Waals surface area contributed by atoms with E-state index in [-0.39, 0.29) is 0 Å². The van der Waals surface area contributed by atoms with Gasteiger partial charge in [0.25, 0.3) is 0 Å². The third-order valence-electron chi connectivity index (χ3n) is 12.7. The third-order valence-corrected chi connectivity index (χ3v) is 28.8. The van der Waals surface area contributed by atoms with Gasteiger partial charge in [-0.3, -0.25) is 0 Å². The first-order valence-electron chi connectivity index (χ1n) is 27.7. The van der Waals surface area contributed by atoms with Gasteiger partial charge in [0.15, 0.2) is 0 Å². The van der Waals surface area contributed by atoms with Crippen LogP contribution in [0.25, 0.3) is 0 Å². The molecule has 0 bridgehead atoms. The summed E-state index contributed by atoms with van der Waals surface area (Å²) in [6.07, 6.45) is 43.9. The van der Waals surface area contributed by atoms with E-state index < -0.39 is 30.3 Å². The average molecular weight is 976 g/mol. The van der Waals surface area contributed by atoms with E-state index in [0.717, 1.165) is 64.2 Å². The summed E-state index contributed by atoms with van der Waals surface area (Å²) < 4.78 is 44.1. The molecule has 0 fully saturated rings. The standard InChI is InChI=1S/2C19H39O3.2C8H17.Sn/c2*1-5-9-10-11-12-13-14-15-19(20-16-6-2,21-17-7-3)22-18-8-4;2*1-3-5-7-8-6-4-2;/h2*1,5-18H2,2-4H3;2*1,3-8H2,2H3;. The fraction of sp³-hybridized carbons (Fsp3) is 1.00. The van der Waals surface area contributed by atoms with E-state index >= 15 is 0 Å². The summed E-state index contributed by atoms with van der Waals surface area (Å²) >= 11 is -2.23. The molecule has 0 aliphatic rings. The molecule has 0 spiro atoms. The molecule has 0 radical (unpaired) electrons. The summed E-state index contributed by atoms with van der Waals surface area (Å²) in [6, 6.07) is 0. The number of hydrogen-bond acceptors (Lipinski definition) is 6. The molecule has 7 heteroatoms. The minimum Gasteiger partial charge on any atom is -0.0632 e. The minimum atomic E-state index is -2.23. The second kappa shape index (κ2) is 45.7. The van der Waals surface area contributed by atoms with Crippen molar-refractivity contribution in [3.05, 3.63) is 0 Å². The molecule has 0 N–H and O–H groups in total. The van der Waals surface area contributed by atoms with Crippen molar-refractivity contribution in [1.29, 1.82) is 0 Å². The van der Waals surface area contributed by atoms with E-state index in [1.54, 1.807) is 17.7 Å². The molecule has 0 rings (SSSR count). The van der Waals surface area contributed by atoms with Crippen molar-refractivity contribution in [3.8, 4) is 0 Å². The van der Waals surface area contributed by atoms with Gasteiger partial charge in [0, 0.05) is 0 Å². The smallest absolute Gasteiger partial charge is 0.0632 e. The van der Waals surface area contributed by atoms with Crippen LogP contribution in [0.5, 0.6) is 0 Å². The molecular formula is C54H112O6Sn. The Hall–Kier alpha value is 0.559. The predicted molar refractivity (Wildman–Crippen MR) is 269 cm³/mol. The molecule has 0 aliphatic carbocycles. The zero-order valence-corrected chi connectivity index (χ0v) is 45.9. The third kappa shape index (κ3) is 35.4. The van der Waals surface area contributed by atoms with Gasteiger partial charge in [-0.15, -0.1) is 0 Å². The van der Waals surface area contributed by atoms with Crippen LogP contribution >= 0.6 is 0 Å². The molecule has 61 heavy (non-hydrogen) atoms. The topological polar surface area (TPSA) is 55.4 Å². The zero-order valence-electron chi connectivity index (χ0n) is 43.1. The normalized spacial score (nSPS) is 12.6. The van der Waals surface area contributed by atoms with Crippen molar-refractivity contribution in [2.45, 2.75) is 303 Å². The van der Waals surface area contributed by atoms with Gasteiger partial charge in [0.1, 0.15) is 0 Å². The van der Waals surface area contributed by atoms with Gasteiger partial charge in [0.05, 0.1) is 0 Å². The molecule has 0 atom stereocenters. The maximum atomic E-state index is 6.23. The number of ether oxygens (including phenoxy) is 6. The Morgan fingerprint density at radius 2 is 0.426 bits per heavy atom. The SMILES string of the molecule is CCCCCCC[CH2][Sn]([CH2]CCCCCCC)([CH2]CCCCCCCCC(OCCC)(OCCC)OCCC)[CH2]CCCCCCCCC(OCCC)(OCCC)OCCC. The van der Waals surface area contributed by atoms with Gasteiger partial charge in [-0.1, -0.05) is 41.5 Å².